The van der Waals surface area contributed by atoms with Gasteiger partial charge in [0.15, 0.2) is 5.60 Å². The van der Waals surface area contributed by atoms with Gasteiger partial charge in [0.2, 0.25) is 5.91 Å². The number of carboxylic acids is 1. The number of carbonyl (C=O) groups excluding carboxylic acids is 1. The molecule has 0 fully saturated rings. The van der Waals surface area contributed by atoms with Gasteiger partial charge in [-0.15, -0.1) is 0 Å². The van der Waals surface area contributed by atoms with Gasteiger partial charge in [-0.1, -0.05) is 48.5 Å². The minimum Gasteiger partial charge on any atom is -0.481 e. The Kier molecular flexibility index (Phi) is 6.45. The normalized spacial score (nSPS) is 14.8. The summed E-state index contributed by atoms with van der Waals surface area (Å²) in [6.07, 6.45) is -6.41. The first-order chi connectivity index (χ1) is 13.1. The Morgan fingerprint density at radius 2 is 1.50 bits per heavy atom. The number of alkyl halides is 3. The van der Waals surface area contributed by atoms with E-state index in [1.807, 2.05) is 0 Å². The first-order valence-corrected chi connectivity index (χ1v) is 8.48. The second-order valence-corrected chi connectivity index (χ2v) is 6.35. The van der Waals surface area contributed by atoms with Crippen molar-refractivity contribution in [2.24, 2.45) is 5.92 Å². The van der Waals surface area contributed by atoms with Gasteiger partial charge in [0, 0.05) is 19.2 Å². The Labute approximate surface area is 160 Å². The van der Waals surface area contributed by atoms with E-state index in [4.69, 9.17) is 0 Å². The van der Waals surface area contributed by atoms with E-state index in [0.29, 0.717) is 5.69 Å². The van der Waals surface area contributed by atoms with E-state index >= 15 is 0 Å². The van der Waals surface area contributed by atoms with Crippen molar-refractivity contribution in [1.82, 2.24) is 0 Å². The van der Waals surface area contributed by atoms with E-state index in [1.54, 1.807) is 30.3 Å². The fourth-order valence-electron chi connectivity index (χ4n) is 3.00. The average molecular weight is 395 g/mol. The predicted molar refractivity (Wildman–Crippen MR) is 96.6 cm³/mol. The van der Waals surface area contributed by atoms with Crippen LogP contribution in [0.5, 0.6) is 0 Å². The molecule has 2 rings (SSSR count). The number of halogens is 3. The van der Waals surface area contributed by atoms with E-state index in [2.05, 4.69) is 0 Å². The highest BCUT2D eigenvalue weighted by molar-refractivity contribution is 5.93. The molecule has 0 aromatic heterocycles. The van der Waals surface area contributed by atoms with Crippen LogP contribution in [0.4, 0.5) is 18.9 Å². The lowest BCUT2D eigenvalue weighted by Crippen LogP contribution is -2.51. The molecule has 2 aromatic rings. The highest BCUT2D eigenvalue weighted by Gasteiger charge is 2.61. The molecule has 1 amide bonds. The van der Waals surface area contributed by atoms with Gasteiger partial charge in [-0.3, -0.25) is 9.59 Å². The number of hydrogen-bond acceptors (Lipinski definition) is 3. The lowest BCUT2D eigenvalue weighted by Gasteiger charge is -2.36. The molecular weight excluding hydrogens is 375 g/mol. The summed E-state index contributed by atoms with van der Waals surface area (Å²) in [5.41, 5.74) is -3.68. The van der Waals surface area contributed by atoms with Crippen molar-refractivity contribution in [3.8, 4) is 0 Å². The minimum atomic E-state index is -5.24. The van der Waals surface area contributed by atoms with Gasteiger partial charge in [-0.05, 0) is 24.1 Å². The van der Waals surface area contributed by atoms with Crippen molar-refractivity contribution >= 4 is 17.6 Å². The number of benzene rings is 2. The number of carboxylic acid groups (broad SMARTS) is 1. The molecular formula is C20H20F3NO4. The lowest BCUT2D eigenvalue weighted by molar-refractivity contribution is -0.286. The molecule has 2 aromatic carbocycles. The van der Waals surface area contributed by atoms with Crippen LogP contribution in [0.3, 0.4) is 0 Å². The van der Waals surface area contributed by atoms with Crippen LogP contribution in [-0.2, 0) is 15.2 Å². The summed E-state index contributed by atoms with van der Waals surface area (Å²) in [6.45, 7) is 0. The van der Waals surface area contributed by atoms with E-state index in [9.17, 15) is 33.0 Å². The molecule has 150 valence electrons. The molecule has 0 aliphatic heterocycles. The molecule has 0 radical (unpaired) electrons. The third kappa shape index (κ3) is 4.33. The monoisotopic (exact) mass is 395 g/mol. The molecule has 2 atom stereocenters. The largest absolute Gasteiger partial charge is 0.481 e. The number of hydrogen-bond donors (Lipinski definition) is 2. The van der Waals surface area contributed by atoms with Crippen molar-refractivity contribution < 1.29 is 33.0 Å². The number of aliphatic carboxylic acids is 1. The molecule has 5 nitrogen and oxygen atoms in total. The predicted octanol–water partition coefficient (Wildman–Crippen LogP) is 3.58. The van der Waals surface area contributed by atoms with Crippen LogP contribution in [-0.4, -0.2) is 35.3 Å². The Morgan fingerprint density at radius 3 is 1.96 bits per heavy atom. The first kappa shape index (κ1) is 21.4. The number of rotatable bonds is 7. The molecule has 2 N–H and O–H groups in total. The fraction of sp³-hybridized carbons (Fsp3) is 0.300. The van der Waals surface area contributed by atoms with Gasteiger partial charge in [0.1, 0.15) is 0 Å². The van der Waals surface area contributed by atoms with E-state index in [-0.39, 0.29) is 0 Å². The summed E-state index contributed by atoms with van der Waals surface area (Å²) < 4.78 is 41.2. The van der Waals surface area contributed by atoms with Crippen LogP contribution in [0.2, 0.25) is 0 Å². The second kappa shape index (κ2) is 8.43. The summed E-state index contributed by atoms with van der Waals surface area (Å²) in [7, 11) is 1.45. The average Bonchev–Trinajstić information content (AvgIpc) is 2.67. The molecule has 0 aliphatic carbocycles. The third-order valence-corrected chi connectivity index (χ3v) is 4.61. The maximum atomic E-state index is 13.7. The van der Waals surface area contributed by atoms with Crippen LogP contribution in [0, 0.1) is 5.92 Å². The van der Waals surface area contributed by atoms with Crippen LogP contribution >= 0.6 is 0 Å². The first-order valence-electron chi connectivity index (χ1n) is 8.48. The van der Waals surface area contributed by atoms with E-state index < -0.39 is 48.0 Å². The topological polar surface area (TPSA) is 77.8 Å². The zero-order chi connectivity index (χ0) is 20.9. The van der Waals surface area contributed by atoms with Crippen molar-refractivity contribution in [2.45, 2.75) is 24.6 Å². The third-order valence-electron chi connectivity index (χ3n) is 4.61. The molecule has 0 aliphatic rings. The van der Waals surface area contributed by atoms with Gasteiger partial charge >= 0.3 is 12.1 Å². The Balaban J connectivity index is 2.28. The van der Waals surface area contributed by atoms with E-state index in [1.165, 1.54) is 30.1 Å². The highest BCUT2D eigenvalue weighted by atomic mass is 19.4. The second-order valence-electron chi connectivity index (χ2n) is 6.35. The van der Waals surface area contributed by atoms with Crippen molar-refractivity contribution in [3.05, 3.63) is 66.2 Å². The molecule has 0 heterocycles. The maximum absolute atomic E-state index is 13.7. The Bertz CT molecular complexity index is 811. The van der Waals surface area contributed by atoms with Crippen molar-refractivity contribution in [2.75, 3.05) is 11.9 Å². The lowest BCUT2D eigenvalue weighted by atomic mass is 9.78. The van der Waals surface area contributed by atoms with Crippen LogP contribution < -0.4 is 4.90 Å². The maximum Gasteiger partial charge on any atom is 0.422 e. The molecule has 0 bridgehead atoms. The zero-order valence-corrected chi connectivity index (χ0v) is 15.1. The summed E-state index contributed by atoms with van der Waals surface area (Å²) in [5, 5.41) is 19.9. The standard InChI is InChI=1S/C20H20F3NO4/c1-24(15-10-6-3-7-11-15)17(25)13-12-16(18(26)27)19(28,20(21,22)23)14-8-4-2-5-9-14/h2-11,16,28H,12-13H2,1H3,(H,26,27). The molecule has 0 saturated carbocycles. The Hall–Kier alpha value is -2.87. The zero-order valence-electron chi connectivity index (χ0n) is 15.1. The number of aliphatic hydroxyl groups is 1. The number of carbonyl (C=O) groups is 2. The van der Waals surface area contributed by atoms with Crippen molar-refractivity contribution in [3.63, 3.8) is 0 Å². The number of nitrogens with zero attached hydrogens (tertiary/aromatic N) is 1. The highest BCUT2D eigenvalue weighted by Crippen LogP contribution is 2.46. The molecule has 8 heteroatoms. The Morgan fingerprint density at radius 1 is 1.00 bits per heavy atom. The number of para-hydroxylation sites is 1. The molecule has 2 unspecified atom stereocenters. The minimum absolute atomic E-state index is 0.479. The quantitative estimate of drug-likeness (QED) is 0.751. The molecule has 0 saturated heterocycles. The smallest absolute Gasteiger partial charge is 0.422 e. The van der Waals surface area contributed by atoms with Crippen LogP contribution in [0.1, 0.15) is 18.4 Å². The van der Waals surface area contributed by atoms with Crippen molar-refractivity contribution in [1.29, 1.82) is 0 Å². The molecule has 0 spiro atoms. The van der Waals surface area contributed by atoms with Crippen LogP contribution in [0.15, 0.2) is 60.7 Å². The number of amides is 1. The van der Waals surface area contributed by atoms with Gasteiger partial charge in [0.25, 0.3) is 0 Å². The SMILES string of the molecule is CN(C(=O)CCC(C(=O)O)C(O)(c1ccccc1)C(F)(F)F)c1ccccc1. The molecule has 28 heavy (non-hydrogen) atoms. The summed E-state index contributed by atoms with van der Waals surface area (Å²) in [6, 6.07) is 14.4. The van der Waals surface area contributed by atoms with E-state index in [0.717, 1.165) is 12.1 Å². The summed E-state index contributed by atoms with van der Waals surface area (Å²) >= 11 is 0. The summed E-state index contributed by atoms with van der Waals surface area (Å²) in [4.78, 5) is 25.2. The van der Waals surface area contributed by atoms with Gasteiger partial charge in [-0.2, -0.15) is 13.2 Å². The van der Waals surface area contributed by atoms with Crippen LogP contribution in [0.25, 0.3) is 0 Å². The van der Waals surface area contributed by atoms with Gasteiger partial charge in [-0.25, -0.2) is 0 Å². The van der Waals surface area contributed by atoms with Gasteiger partial charge < -0.3 is 15.1 Å². The summed E-state index contributed by atoms with van der Waals surface area (Å²) in [5.74, 6) is -4.64. The van der Waals surface area contributed by atoms with Gasteiger partial charge in [0.05, 0.1) is 5.92 Å². The number of anilines is 1. The fourth-order valence-corrected chi connectivity index (χ4v) is 3.00.